The largest absolute Gasteiger partial charge is 0.481 e. The third kappa shape index (κ3) is 3.83. The van der Waals surface area contributed by atoms with E-state index >= 15 is 0 Å². The molecule has 1 aliphatic rings. The minimum atomic E-state index is -0.834. The van der Waals surface area contributed by atoms with E-state index in [2.05, 4.69) is 6.07 Å². The van der Waals surface area contributed by atoms with Gasteiger partial charge < -0.3 is 10.0 Å². The quantitative estimate of drug-likeness (QED) is 0.875. The topological polar surface area (TPSA) is 60.9 Å². The molecule has 2 heterocycles. The monoisotopic (exact) mass is 310 g/mol. The fourth-order valence-electron chi connectivity index (χ4n) is 2.70. The van der Waals surface area contributed by atoms with Crippen molar-refractivity contribution >= 4 is 23.2 Å². The van der Waals surface area contributed by atoms with Crippen LogP contribution < -0.4 is 0 Å². The number of hydrogen-bond acceptors (Lipinski definition) is 4. The van der Waals surface area contributed by atoms with Gasteiger partial charge in [-0.1, -0.05) is 6.07 Å². The second-order valence-electron chi connectivity index (χ2n) is 5.51. The van der Waals surface area contributed by atoms with E-state index in [-0.39, 0.29) is 24.4 Å². The maximum Gasteiger partial charge on any atom is 0.304 e. The lowest BCUT2D eigenvalue weighted by Crippen LogP contribution is -2.45. The first-order chi connectivity index (χ1) is 10.0. The summed E-state index contributed by atoms with van der Waals surface area (Å²) in [7, 11) is 1.81. The lowest BCUT2D eigenvalue weighted by atomic mass is 10.1. The van der Waals surface area contributed by atoms with Gasteiger partial charge in [-0.2, -0.15) is 0 Å². The van der Waals surface area contributed by atoms with Crippen LogP contribution in [-0.4, -0.2) is 53.0 Å². The number of likely N-dealkylation sites (tertiary alicyclic amines) is 1. The molecule has 1 N–H and O–H groups in total. The molecule has 6 heteroatoms. The highest BCUT2D eigenvalue weighted by atomic mass is 32.1. The van der Waals surface area contributed by atoms with E-state index < -0.39 is 5.97 Å². The van der Waals surface area contributed by atoms with Gasteiger partial charge in [0.15, 0.2) is 0 Å². The summed E-state index contributed by atoms with van der Waals surface area (Å²) < 4.78 is 0. The van der Waals surface area contributed by atoms with Gasteiger partial charge in [-0.15, -0.1) is 11.3 Å². The van der Waals surface area contributed by atoms with Gasteiger partial charge in [0.1, 0.15) is 0 Å². The number of nitrogens with zero attached hydrogens (tertiary/aromatic N) is 2. The molecule has 1 aliphatic heterocycles. The van der Waals surface area contributed by atoms with Crippen LogP contribution in [0.1, 0.15) is 37.1 Å². The Bertz CT molecular complexity index is 489. The van der Waals surface area contributed by atoms with Crippen molar-refractivity contribution in [3.05, 3.63) is 22.4 Å². The van der Waals surface area contributed by atoms with Gasteiger partial charge in [0.25, 0.3) is 0 Å². The molecule has 0 aromatic carbocycles. The van der Waals surface area contributed by atoms with Crippen LogP contribution in [0.2, 0.25) is 0 Å². The number of carbonyl (C=O) groups excluding carboxylic acids is 1. The molecule has 0 radical (unpaired) electrons. The lowest BCUT2D eigenvalue weighted by molar-refractivity contribution is -0.140. The highest BCUT2D eigenvalue weighted by molar-refractivity contribution is 7.10. The van der Waals surface area contributed by atoms with Gasteiger partial charge in [0, 0.05) is 18.0 Å². The SMILES string of the molecule is CC(C(=O)N1CCCC1c1cccs1)N(C)CCC(=O)O. The average molecular weight is 310 g/mol. The van der Waals surface area contributed by atoms with Gasteiger partial charge in [-0.05, 0) is 38.3 Å². The van der Waals surface area contributed by atoms with E-state index in [0.29, 0.717) is 6.54 Å². The molecule has 0 saturated carbocycles. The van der Waals surface area contributed by atoms with Gasteiger partial charge in [-0.3, -0.25) is 14.5 Å². The Kier molecular flexibility index (Phi) is 5.36. The number of thiophene rings is 1. The van der Waals surface area contributed by atoms with Crippen molar-refractivity contribution in [3.8, 4) is 0 Å². The predicted octanol–water partition coefficient (Wildman–Crippen LogP) is 2.21. The Labute approximate surface area is 129 Å². The van der Waals surface area contributed by atoms with E-state index in [4.69, 9.17) is 5.11 Å². The number of carboxylic acids is 1. The van der Waals surface area contributed by atoms with Crippen molar-refractivity contribution in [2.45, 2.75) is 38.3 Å². The molecule has 5 nitrogen and oxygen atoms in total. The van der Waals surface area contributed by atoms with Crippen LogP contribution in [-0.2, 0) is 9.59 Å². The Hall–Kier alpha value is -1.40. The Morgan fingerprint density at radius 2 is 2.33 bits per heavy atom. The maximum atomic E-state index is 12.7. The molecule has 1 aromatic heterocycles. The normalized spacial score (nSPS) is 20.0. The molecule has 0 bridgehead atoms. The van der Waals surface area contributed by atoms with Crippen LogP contribution >= 0.6 is 11.3 Å². The molecule has 2 unspecified atom stereocenters. The third-order valence-corrected chi connectivity index (χ3v) is 5.08. The zero-order chi connectivity index (χ0) is 15.4. The highest BCUT2D eigenvalue weighted by Crippen LogP contribution is 2.35. The Morgan fingerprint density at radius 1 is 1.57 bits per heavy atom. The fraction of sp³-hybridized carbons (Fsp3) is 0.600. The molecule has 1 saturated heterocycles. The number of carbonyl (C=O) groups is 2. The molecule has 1 amide bonds. The molecule has 2 atom stereocenters. The van der Waals surface area contributed by atoms with Crippen LogP contribution in [0.3, 0.4) is 0 Å². The summed E-state index contributed by atoms with van der Waals surface area (Å²) in [4.78, 5) is 28.3. The Morgan fingerprint density at radius 3 is 2.95 bits per heavy atom. The van der Waals surface area contributed by atoms with Crippen molar-refractivity contribution in [2.75, 3.05) is 20.1 Å². The number of hydrogen-bond donors (Lipinski definition) is 1. The second-order valence-corrected chi connectivity index (χ2v) is 6.48. The second kappa shape index (κ2) is 7.04. The standard InChI is InChI=1S/C15H22N2O3S/c1-11(16(2)9-7-14(18)19)15(20)17-8-3-5-12(17)13-6-4-10-21-13/h4,6,10-12H,3,5,7-9H2,1-2H3,(H,18,19). The van der Waals surface area contributed by atoms with Gasteiger partial charge in [-0.25, -0.2) is 0 Å². The summed E-state index contributed by atoms with van der Waals surface area (Å²) >= 11 is 1.69. The van der Waals surface area contributed by atoms with Gasteiger partial charge in [0.2, 0.25) is 5.91 Å². The molecular weight excluding hydrogens is 288 g/mol. The third-order valence-electron chi connectivity index (χ3n) is 4.10. The molecule has 0 spiro atoms. The first-order valence-electron chi connectivity index (χ1n) is 7.26. The number of likely N-dealkylation sites (N-methyl/N-ethyl adjacent to an activating group) is 1. The maximum absolute atomic E-state index is 12.7. The van der Waals surface area contributed by atoms with Crippen molar-refractivity contribution in [2.24, 2.45) is 0 Å². The average Bonchev–Trinajstić information content (AvgIpc) is 3.12. The summed E-state index contributed by atoms with van der Waals surface area (Å²) in [5, 5.41) is 10.8. The summed E-state index contributed by atoms with van der Waals surface area (Å²) in [5.74, 6) is -0.738. The van der Waals surface area contributed by atoms with E-state index in [1.807, 2.05) is 35.2 Å². The zero-order valence-corrected chi connectivity index (χ0v) is 13.3. The Balaban J connectivity index is 1.99. The smallest absolute Gasteiger partial charge is 0.304 e. The van der Waals surface area contributed by atoms with Crippen molar-refractivity contribution in [1.82, 2.24) is 9.80 Å². The molecule has 116 valence electrons. The van der Waals surface area contributed by atoms with Crippen molar-refractivity contribution < 1.29 is 14.7 Å². The first-order valence-corrected chi connectivity index (χ1v) is 8.14. The minimum absolute atomic E-state index is 0.0580. The van der Waals surface area contributed by atoms with Gasteiger partial charge >= 0.3 is 5.97 Å². The van der Waals surface area contributed by atoms with E-state index in [1.165, 1.54) is 4.88 Å². The summed E-state index contributed by atoms with van der Waals surface area (Å²) in [6, 6.07) is 4.00. The molecular formula is C15H22N2O3S. The highest BCUT2D eigenvalue weighted by Gasteiger charge is 2.34. The predicted molar refractivity (Wildman–Crippen MR) is 82.4 cm³/mol. The summed E-state index contributed by atoms with van der Waals surface area (Å²) in [6.07, 6.45) is 2.10. The van der Waals surface area contributed by atoms with Gasteiger partial charge in [0.05, 0.1) is 18.5 Å². The number of aliphatic carboxylic acids is 1. The van der Waals surface area contributed by atoms with E-state index in [9.17, 15) is 9.59 Å². The number of carboxylic acid groups (broad SMARTS) is 1. The van der Waals surface area contributed by atoms with Crippen LogP contribution in [0.15, 0.2) is 17.5 Å². The molecule has 1 fully saturated rings. The minimum Gasteiger partial charge on any atom is -0.481 e. The number of rotatable bonds is 6. The number of amides is 1. The van der Waals surface area contributed by atoms with Crippen LogP contribution in [0, 0.1) is 0 Å². The van der Waals surface area contributed by atoms with Crippen LogP contribution in [0.4, 0.5) is 0 Å². The summed E-state index contributed by atoms with van der Waals surface area (Å²) in [6.45, 7) is 3.03. The lowest BCUT2D eigenvalue weighted by Gasteiger charge is -2.31. The van der Waals surface area contributed by atoms with Crippen molar-refractivity contribution in [3.63, 3.8) is 0 Å². The summed E-state index contributed by atoms with van der Waals surface area (Å²) in [5.41, 5.74) is 0. The van der Waals surface area contributed by atoms with Crippen LogP contribution in [0.25, 0.3) is 0 Å². The zero-order valence-electron chi connectivity index (χ0n) is 12.5. The first kappa shape index (κ1) is 16.0. The fourth-order valence-corrected chi connectivity index (χ4v) is 3.57. The van der Waals surface area contributed by atoms with E-state index in [0.717, 1.165) is 19.4 Å². The van der Waals surface area contributed by atoms with E-state index in [1.54, 1.807) is 11.3 Å². The molecule has 21 heavy (non-hydrogen) atoms. The van der Waals surface area contributed by atoms with Crippen LogP contribution in [0.5, 0.6) is 0 Å². The molecule has 2 rings (SSSR count). The molecule has 0 aliphatic carbocycles. The van der Waals surface area contributed by atoms with Crippen molar-refractivity contribution in [1.29, 1.82) is 0 Å². The molecule has 1 aromatic rings.